The van der Waals surface area contributed by atoms with Crippen molar-refractivity contribution in [2.24, 2.45) is 5.73 Å². The zero-order valence-corrected chi connectivity index (χ0v) is 14.3. The molecular weight excluding hydrogens is 306 g/mol. The Kier molecular flexibility index (Phi) is 5.89. The van der Waals surface area contributed by atoms with Gasteiger partial charge in [-0.15, -0.1) is 10.2 Å². The smallest absolute Gasteiger partial charge is 0.175 e. The molecule has 1 heterocycles. The van der Waals surface area contributed by atoms with Gasteiger partial charge >= 0.3 is 0 Å². The van der Waals surface area contributed by atoms with Gasteiger partial charge in [0.25, 0.3) is 0 Å². The molecule has 2 rings (SSSR count). The van der Waals surface area contributed by atoms with Gasteiger partial charge in [-0.2, -0.15) is 0 Å². The van der Waals surface area contributed by atoms with Crippen molar-refractivity contribution in [3.8, 4) is 0 Å². The number of benzene rings is 1. The average Bonchev–Trinajstić information content (AvgIpc) is 2.93. The predicted molar refractivity (Wildman–Crippen MR) is 89.7 cm³/mol. The van der Waals surface area contributed by atoms with E-state index in [0.29, 0.717) is 0 Å². The number of thioether (sulfide) groups is 2. The average molecular weight is 326 g/mol. The van der Waals surface area contributed by atoms with Crippen LogP contribution in [0.5, 0.6) is 0 Å². The lowest BCUT2D eigenvalue weighted by atomic mass is 10.0. The van der Waals surface area contributed by atoms with Crippen LogP contribution in [0.25, 0.3) is 0 Å². The van der Waals surface area contributed by atoms with Crippen LogP contribution < -0.4 is 5.73 Å². The summed E-state index contributed by atoms with van der Waals surface area (Å²) in [4.78, 5) is 0. The van der Waals surface area contributed by atoms with E-state index in [4.69, 9.17) is 5.73 Å². The highest BCUT2D eigenvalue weighted by Crippen LogP contribution is 2.40. The largest absolute Gasteiger partial charge is 0.326 e. The van der Waals surface area contributed by atoms with Crippen LogP contribution in [0.1, 0.15) is 29.7 Å². The van der Waals surface area contributed by atoms with Gasteiger partial charge in [0.2, 0.25) is 0 Å². The SMILES string of the molecule is CCC(N)C(Sc1nnc(SC)s1)c1ccc(C)cc1. The highest BCUT2D eigenvalue weighted by atomic mass is 32.2. The van der Waals surface area contributed by atoms with E-state index in [1.54, 1.807) is 34.9 Å². The molecule has 0 aliphatic heterocycles. The summed E-state index contributed by atoms with van der Waals surface area (Å²) in [6.07, 6.45) is 2.96. The summed E-state index contributed by atoms with van der Waals surface area (Å²) in [6, 6.07) is 8.72. The molecule has 0 fully saturated rings. The van der Waals surface area contributed by atoms with Gasteiger partial charge in [-0.25, -0.2) is 0 Å². The van der Waals surface area contributed by atoms with E-state index < -0.39 is 0 Å². The number of hydrogen-bond donors (Lipinski definition) is 1. The monoisotopic (exact) mass is 325 g/mol. The maximum Gasteiger partial charge on any atom is 0.175 e. The van der Waals surface area contributed by atoms with Crippen molar-refractivity contribution < 1.29 is 0 Å². The second kappa shape index (κ2) is 7.45. The van der Waals surface area contributed by atoms with E-state index in [-0.39, 0.29) is 11.3 Å². The molecule has 0 aliphatic rings. The van der Waals surface area contributed by atoms with Crippen molar-refractivity contribution in [3.05, 3.63) is 35.4 Å². The summed E-state index contributed by atoms with van der Waals surface area (Å²) in [5, 5.41) is 8.62. The maximum atomic E-state index is 6.30. The van der Waals surface area contributed by atoms with Crippen LogP contribution in [0.3, 0.4) is 0 Å². The van der Waals surface area contributed by atoms with Crippen LogP contribution in [0.15, 0.2) is 32.9 Å². The van der Waals surface area contributed by atoms with Gasteiger partial charge in [0.15, 0.2) is 8.68 Å². The molecule has 2 N–H and O–H groups in total. The predicted octanol–water partition coefficient (Wildman–Crippen LogP) is 4.14. The molecule has 1 aromatic carbocycles. The van der Waals surface area contributed by atoms with Crippen LogP contribution in [0.2, 0.25) is 0 Å². The van der Waals surface area contributed by atoms with Crippen LogP contribution >= 0.6 is 34.9 Å². The maximum absolute atomic E-state index is 6.30. The molecule has 0 spiro atoms. The van der Waals surface area contributed by atoms with Crippen molar-refractivity contribution in [1.29, 1.82) is 0 Å². The highest BCUT2D eigenvalue weighted by Gasteiger charge is 2.21. The van der Waals surface area contributed by atoms with Gasteiger partial charge < -0.3 is 5.73 Å². The Morgan fingerprint density at radius 2 is 1.85 bits per heavy atom. The van der Waals surface area contributed by atoms with Gasteiger partial charge in [0.05, 0.1) is 5.25 Å². The second-order valence-corrected chi connectivity index (χ2v) is 7.98. The molecule has 0 amide bonds. The Labute approximate surface area is 132 Å². The fourth-order valence-electron chi connectivity index (χ4n) is 1.81. The summed E-state index contributed by atoms with van der Waals surface area (Å²) >= 11 is 4.99. The van der Waals surface area contributed by atoms with Gasteiger partial charge in [0, 0.05) is 6.04 Å². The number of nitrogens with two attached hydrogens (primary N) is 1. The molecule has 0 radical (unpaired) electrons. The topological polar surface area (TPSA) is 51.8 Å². The van der Waals surface area contributed by atoms with Crippen molar-refractivity contribution in [1.82, 2.24) is 10.2 Å². The first-order valence-electron chi connectivity index (χ1n) is 6.50. The molecule has 2 aromatic rings. The van der Waals surface area contributed by atoms with Gasteiger partial charge in [-0.1, -0.05) is 71.6 Å². The Bertz CT molecular complexity index is 539. The lowest BCUT2D eigenvalue weighted by Crippen LogP contribution is -2.25. The Morgan fingerprint density at radius 3 is 2.40 bits per heavy atom. The molecule has 6 heteroatoms. The normalized spacial score (nSPS) is 14.2. The fraction of sp³-hybridized carbons (Fsp3) is 0.429. The molecule has 20 heavy (non-hydrogen) atoms. The fourth-order valence-corrected chi connectivity index (χ4v) is 4.68. The number of aromatic nitrogens is 2. The minimum Gasteiger partial charge on any atom is -0.326 e. The van der Waals surface area contributed by atoms with Crippen molar-refractivity contribution >= 4 is 34.9 Å². The first kappa shape index (κ1) is 15.8. The minimum atomic E-state index is 0.115. The number of rotatable bonds is 6. The number of nitrogens with zero attached hydrogens (tertiary/aromatic N) is 2. The van der Waals surface area contributed by atoms with E-state index in [9.17, 15) is 0 Å². The molecule has 3 nitrogen and oxygen atoms in total. The quantitative estimate of drug-likeness (QED) is 0.809. The molecular formula is C14H19N3S3. The third kappa shape index (κ3) is 3.97. The summed E-state index contributed by atoms with van der Waals surface area (Å²) in [5.41, 5.74) is 8.83. The number of aryl methyl sites for hydroxylation is 1. The van der Waals surface area contributed by atoms with Crippen LogP contribution in [0, 0.1) is 6.92 Å². The van der Waals surface area contributed by atoms with E-state index in [1.807, 2.05) is 6.26 Å². The van der Waals surface area contributed by atoms with Crippen LogP contribution in [-0.4, -0.2) is 22.5 Å². The van der Waals surface area contributed by atoms with Gasteiger partial charge in [-0.05, 0) is 25.2 Å². The third-order valence-corrected chi connectivity index (χ3v) is 6.45. The Hall–Kier alpha value is -0.560. The van der Waals surface area contributed by atoms with Gasteiger partial charge in [0.1, 0.15) is 0 Å². The van der Waals surface area contributed by atoms with Crippen LogP contribution in [0.4, 0.5) is 0 Å². The first-order valence-corrected chi connectivity index (χ1v) is 9.42. The second-order valence-electron chi connectivity index (χ2n) is 4.56. The summed E-state index contributed by atoms with van der Waals surface area (Å²) in [5.74, 6) is 0. The van der Waals surface area contributed by atoms with Crippen molar-refractivity contribution in [2.45, 2.75) is 40.2 Å². The summed E-state index contributed by atoms with van der Waals surface area (Å²) in [7, 11) is 0. The third-order valence-electron chi connectivity index (χ3n) is 3.06. The summed E-state index contributed by atoms with van der Waals surface area (Å²) in [6.45, 7) is 4.22. The standard InChI is InChI=1S/C14H19N3S3/c1-4-11(15)12(10-7-5-9(2)6-8-10)19-14-17-16-13(18-3)20-14/h5-8,11-12H,4,15H2,1-3H3. The van der Waals surface area contributed by atoms with E-state index in [2.05, 4.69) is 48.3 Å². The molecule has 1 aromatic heterocycles. The molecule has 0 saturated carbocycles. The molecule has 2 atom stereocenters. The highest BCUT2D eigenvalue weighted by molar-refractivity contribution is 8.03. The Balaban J connectivity index is 2.21. The first-order chi connectivity index (χ1) is 9.63. The Morgan fingerprint density at radius 1 is 1.20 bits per heavy atom. The molecule has 0 saturated heterocycles. The zero-order valence-electron chi connectivity index (χ0n) is 11.9. The minimum absolute atomic E-state index is 0.115. The zero-order chi connectivity index (χ0) is 14.5. The van der Waals surface area contributed by atoms with E-state index >= 15 is 0 Å². The van der Waals surface area contributed by atoms with Crippen LogP contribution in [-0.2, 0) is 0 Å². The lowest BCUT2D eigenvalue weighted by Gasteiger charge is -2.21. The van der Waals surface area contributed by atoms with E-state index in [0.717, 1.165) is 15.1 Å². The van der Waals surface area contributed by atoms with Gasteiger partial charge in [-0.3, -0.25) is 0 Å². The molecule has 0 bridgehead atoms. The van der Waals surface area contributed by atoms with Crippen molar-refractivity contribution in [2.75, 3.05) is 6.26 Å². The number of hydrogen-bond acceptors (Lipinski definition) is 6. The summed E-state index contributed by atoms with van der Waals surface area (Å²) < 4.78 is 1.99. The molecule has 108 valence electrons. The lowest BCUT2D eigenvalue weighted by molar-refractivity contribution is 0.633. The molecule has 2 unspecified atom stereocenters. The molecule has 0 aliphatic carbocycles. The van der Waals surface area contributed by atoms with Crippen molar-refractivity contribution in [3.63, 3.8) is 0 Å². The van der Waals surface area contributed by atoms with E-state index in [1.165, 1.54) is 11.1 Å².